The molecular formula is C25H31N5O2. The number of fused-ring (bicyclic) bond motifs is 1. The van der Waals surface area contributed by atoms with E-state index in [0.717, 1.165) is 63.3 Å². The normalized spacial score (nSPS) is 25.0. The quantitative estimate of drug-likeness (QED) is 0.667. The fraction of sp³-hybridized carbons (Fsp3) is 0.560. The van der Waals surface area contributed by atoms with E-state index in [1.807, 2.05) is 0 Å². The molecule has 0 amide bonds. The third-order valence-electron chi connectivity index (χ3n) is 7.48. The van der Waals surface area contributed by atoms with E-state index in [0.29, 0.717) is 17.4 Å². The monoisotopic (exact) mass is 433 g/mol. The summed E-state index contributed by atoms with van der Waals surface area (Å²) in [5, 5.41) is 4.92. The summed E-state index contributed by atoms with van der Waals surface area (Å²) in [4.78, 5) is 23.0. The van der Waals surface area contributed by atoms with Gasteiger partial charge in [0.2, 0.25) is 0 Å². The summed E-state index contributed by atoms with van der Waals surface area (Å²) < 4.78 is 7.31. The highest BCUT2D eigenvalue weighted by Gasteiger charge is 2.34. The second-order valence-corrected chi connectivity index (χ2v) is 9.94. The number of nitrogens with one attached hydrogen (secondary N) is 1. The van der Waals surface area contributed by atoms with Crippen LogP contribution < -0.4 is 5.56 Å². The number of likely N-dealkylation sites (tertiary alicyclic amines) is 1. The van der Waals surface area contributed by atoms with Gasteiger partial charge in [0.05, 0.1) is 6.20 Å². The molecule has 7 heteroatoms. The Balaban J connectivity index is 1.24. The van der Waals surface area contributed by atoms with Crippen molar-refractivity contribution in [2.45, 2.75) is 56.9 Å². The van der Waals surface area contributed by atoms with Gasteiger partial charge < -0.3 is 9.72 Å². The smallest absolute Gasteiger partial charge is 0.276 e. The van der Waals surface area contributed by atoms with Gasteiger partial charge in [-0.15, -0.1) is 0 Å². The van der Waals surface area contributed by atoms with E-state index in [1.165, 1.54) is 24.0 Å². The van der Waals surface area contributed by atoms with Crippen molar-refractivity contribution in [1.82, 2.24) is 24.5 Å². The third-order valence-corrected chi connectivity index (χ3v) is 7.48. The number of rotatable bonds is 5. The van der Waals surface area contributed by atoms with Crippen LogP contribution in [-0.2, 0) is 11.3 Å². The van der Waals surface area contributed by atoms with Crippen LogP contribution in [0.5, 0.6) is 0 Å². The van der Waals surface area contributed by atoms with Gasteiger partial charge in [-0.05, 0) is 48.6 Å². The van der Waals surface area contributed by atoms with Crippen LogP contribution in [0.1, 0.15) is 73.1 Å². The first kappa shape index (κ1) is 20.1. The molecular weight excluding hydrogens is 402 g/mol. The summed E-state index contributed by atoms with van der Waals surface area (Å²) >= 11 is 0. The van der Waals surface area contributed by atoms with Gasteiger partial charge in [-0.25, -0.2) is 9.50 Å². The van der Waals surface area contributed by atoms with E-state index in [4.69, 9.17) is 9.84 Å². The Morgan fingerprint density at radius 1 is 1.12 bits per heavy atom. The zero-order valence-corrected chi connectivity index (χ0v) is 18.7. The molecule has 1 aromatic carbocycles. The molecule has 1 saturated carbocycles. The number of H-pyrrole nitrogens is 1. The lowest BCUT2D eigenvalue weighted by atomic mass is 9.97. The summed E-state index contributed by atoms with van der Waals surface area (Å²) in [6.45, 7) is 6.62. The Bertz CT molecular complexity index is 1170. The topological polar surface area (TPSA) is 75.5 Å². The van der Waals surface area contributed by atoms with Crippen LogP contribution in [0.4, 0.5) is 0 Å². The lowest BCUT2D eigenvalue weighted by molar-refractivity contribution is 0.0832. The number of hydrogen-bond acceptors (Lipinski definition) is 5. The maximum Gasteiger partial charge on any atom is 0.276 e. The second-order valence-electron chi connectivity index (χ2n) is 9.94. The molecule has 7 nitrogen and oxygen atoms in total. The molecule has 1 N–H and O–H groups in total. The fourth-order valence-electron chi connectivity index (χ4n) is 5.51. The third kappa shape index (κ3) is 3.77. The van der Waals surface area contributed by atoms with Crippen LogP contribution in [0.25, 0.3) is 5.52 Å². The molecule has 3 aromatic rings. The minimum absolute atomic E-state index is 0.0939. The summed E-state index contributed by atoms with van der Waals surface area (Å²) in [5.41, 5.74) is 3.32. The van der Waals surface area contributed by atoms with Crippen molar-refractivity contribution in [2.75, 3.05) is 26.3 Å². The number of aromatic amines is 1. The molecule has 3 aliphatic rings. The first-order valence-electron chi connectivity index (χ1n) is 12.0. The molecule has 2 aromatic heterocycles. The van der Waals surface area contributed by atoms with E-state index in [2.05, 4.69) is 46.1 Å². The average Bonchev–Trinajstić information content (AvgIpc) is 3.47. The highest BCUT2D eigenvalue weighted by atomic mass is 16.5. The Labute approximate surface area is 187 Å². The van der Waals surface area contributed by atoms with Gasteiger partial charge in [-0.3, -0.25) is 9.69 Å². The molecule has 2 saturated heterocycles. The van der Waals surface area contributed by atoms with Crippen molar-refractivity contribution in [3.8, 4) is 0 Å². The van der Waals surface area contributed by atoms with Crippen LogP contribution in [0.15, 0.2) is 35.3 Å². The number of nitrogens with zero attached hydrogens (tertiary/aromatic N) is 4. The van der Waals surface area contributed by atoms with Crippen LogP contribution >= 0.6 is 0 Å². The summed E-state index contributed by atoms with van der Waals surface area (Å²) in [7, 11) is 0. The Morgan fingerprint density at radius 2 is 1.97 bits per heavy atom. The molecule has 2 unspecified atom stereocenters. The maximum atomic E-state index is 12.8. The highest BCUT2D eigenvalue weighted by Crippen LogP contribution is 2.40. The molecule has 32 heavy (non-hydrogen) atoms. The van der Waals surface area contributed by atoms with Crippen molar-refractivity contribution in [1.29, 1.82) is 0 Å². The van der Waals surface area contributed by atoms with Gasteiger partial charge >= 0.3 is 0 Å². The summed E-state index contributed by atoms with van der Waals surface area (Å²) in [6, 6.07) is 9.08. The Hall–Kier alpha value is -2.51. The van der Waals surface area contributed by atoms with Crippen molar-refractivity contribution in [3.63, 3.8) is 0 Å². The maximum absolute atomic E-state index is 12.8. The van der Waals surface area contributed by atoms with Gasteiger partial charge in [0.15, 0.2) is 5.52 Å². The molecule has 1 aliphatic carbocycles. The van der Waals surface area contributed by atoms with E-state index in [9.17, 15) is 4.79 Å². The SMILES string of the molecule is CC1CN(Cc2cccc(C3CC3)c2)CC1c1nn2c(C3CCOCC3)ncc2c(=O)[nH]1. The van der Waals surface area contributed by atoms with E-state index in [1.54, 1.807) is 10.7 Å². The van der Waals surface area contributed by atoms with Crippen molar-refractivity contribution in [2.24, 2.45) is 5.92 Å². The number of ether oxygens (including phenoxy) is 1. The average molecular weight is 434 g/mol. The first-order chi connectivity index (χ1) is 15.7. The molecule has 0 bridgehead atoms. The van der Waals surface area contributed by atoms with E-state index in [-0.39, 0.29) is 11.5 Å². The first-order valence-corrected chi connectivity index (χ1v) is 12.0. The van der Waals surface area contributed by atoms with Gasteiger partial charge in [-0.1, -0.05) is 31.2 Å². The largest absolute Gasteiger partial charge is 0.381 e. The number of hydrogen-bond donors (Lipinski definition) is 1. The Kier molecular flexibility index (Phi) is 5.11. The van der Waals surface area contributed by atoms with E-state index >= 15 is 0 Å². The van der Waals surface area contributed by atoms with E-state index < -0.39 is 0 Å². The highest BCUT2D eigenvalue weighted by molar-refractivity contribution is 5.42. The molecule has 168 valence electrons. The summed E-state index contributed by atoms with van der Waals surface area (Å²) in [5.74, 6) is 3.40. The molecule has 2 aliphatic heterocycles. The lowest BCUT2D eigenvalue weighted by Gasteiger charge is -2.21. The molecule has 2 atom stereocenters. The van der Waals surface area contributed by atoms with Gasteiger partial charge in [0, 0.05) is 44.7 Å². The zero-order valence-electron chi connectivity index (χ0n) is 18.7. The number of imidazole rings is 1. The van der Waals surface area contributed by atoms with Crippen LogP contribution in [0, 0.1) is 5.92 Å². The van der Waals surface area contributed by atoms with Gasteiger partial charge in [0.25, 0.3) is 5.56 Å². The molecule has 4 heterocycles. The van der Waals surface area contributed by atoms with Crippen molar-refractivity contribution < 1.29 is 4.74 Å². The molecule has 0 radical (unpaired) electrons. The summed E-state index contributed by atoms with van der Waals surface area (Å²) in [6.07, 6.45) is 6.18. The van der Waals surface area contributed by atoms with Gasteiger partial charge in [-0.2, -0.15) is 5.10 Å². The molecule has 3 fully saturated rings. The Morgan fingerprint density at radius 3 is 2.78 bits per heavy atom. The second kappa shape index (κ2) is 8.12. The predicted molar refractivity (Wildman–Crippen MR) is 122 cm³/mol. The van der Waals surface area contributed by atoms with Crippen LogP contribution in [0.3, 0.4) is 0 Å². The van der Waals surface area contributed by atoms with Gasteiger partial charge in [0.1, 0.15) is 11.6 Å². The lowest BCUT2D eigenvalue weighted by Crippen LogP contribution is -2.24. The molecule has 6 rings (SSSR count). The minimum Gasteiger partial charge on any atom is -0.381 e. The zero-order chi connectivity index (χ0) is 21.7. The standard InChI is InChI=1S/C25H31N5O2/c1-16-13-29(14-17-3-2-4-20(11-17)18-5-6-18)15-21(16)23-27-25(31)22-12-26-24(30(22)28-23)19-7-9-32-10-8-19/h2-4,11-12,16,18-19,21H,5-10,13-15H2,1H3,(H,27,28,31). The van der Waals surface area contributed by atoms with Crippen LogP contribution in [-0.4, -0.2) is 50.8 Å². The molecule has 0 spiro atoms. The predicted octanol–water partition coefficient (Wildman–Crippen LogP) is 3.42. The minimum atomic E-state index is -0.0939. The van der Waals surface area contributed by atoms with Crippen molar-refractivity contribution >= 4 is 5.52 Å². The number of benzene rings is 1. The fourth-order valence-corrected chi connectivity index (χ4v) is 5.51. The van der Waals surface area contributed by atoms with Crippen molar-refractivity contribution in [3.05, 3.63) is 63.6 Å². The number of aromatic nitrogens is 4. The van der Waals surface area contributed by atoms with Crippen LogP contribution in [0.2, 0.25) is 0 Å².